The predicted molar refractivity (Wildman–Crippen MR) is 65.5 cm³/mol. The first kappa shape index (κ1) is 12.3. The van der Waals surface area contributed by atoms with Gasteiger partial charge in [-0.05, 0) is 22.0 Å². The number of carbonyl (C=O) groups excluding carboxylic acids is 1. The predicted octanol–water partition coefficient (Wildman–Crippen LogP) is 1.89. The number of pyridine rings is 1. The van der Waals surface area contributed by atoms with Crippen molar-refractivity contribution >= 4 is 45.1 Å². The lowest BCUT2D eigenvalue weighted by molar-refractivity contribution is -0.117. The van der Waals surface area contributed by atoms with E-state index in [1.165, 1.54) is 11.1 Å². The van der Waals surface area contributed by atoms with Crippen LogP contribution in [0, 0.1) is 0 Å². The molecule has 7 heteroatoms. The molecule has 1 fully saturated rings. The molecule has 1 aliphatic rings. The molecule has 0 spiro atoms. The average Bonchev–Trinajstić information content (AvgIpc) is 2.57. The first-order valence-corrected chi connectivity index (χ1v) is 6.05. The van der Waals surface area contributed by atoms with Crippen molar-refractivity contribution in [1.29, 1.82) is 0 Å². The minimum Gasteiger partial charge on any atom is -0.476 e. The summed E-state index contributed by atoms with van der Waals surface area (Å²) in [7, 11) is 0. The number of carboxylic acid groups (broad SMARTS) is 1. The van der Waals surface area contributed by atoms with Crippen molar-refractivity contribution < 1.29 is 14.7 Å². The van der Waals surface area contributed by atoms with Gasteiger partial charge in [0.2, 0.25) is 5.91 Å². The van der Waals surface area contributed by atoms with Crippen LogP contribution < -0.4 is 4.90 Å². The molecule has 0 aliphatic carbocycles. The first-order valence-electron chi connectivity index (χ1n) is 4.82. The number of rotatable bonds is 2. The van der Waals surface area contributed by atoms with Crippen LogP contribution in [0.5, 0.6) is 0 Å². The van der Waals surface area contributed by atoms with Crippen molar-refractivity contribution in [3.63, 3.8) is 0 Å². The van der Waals surface area contributed by atoms with Crippen LogP contribution in [0.4, 0.5) is 5.69 Å². The van der Waals surface area contributed by atoms with E-state index in [4.69, 9.17) is 16.7 Å². The fraction of sp³-hybridized carbons (Fsp3) is 0.300. The highest BCUT2D eigenvalue weighted by Crippen LogP contribution is 2.28. The molecule has 0 aromatic carbocycles. The zero-order chi connectivity index (χ0) is 12.6. The molecule has 0 radical (unpaired) electrons. The van der Waals surface area contributed by atoms with Crippen LogP contribution in [-0.4, -0.2) is 33.9 Å². The van der Waals surface area contributed by atoms with Crippen LogP contribution in [0.25, 0.3) is 0 Å². The summed E-state index contributed by atoms with van der Waals surface area (Å²) in [5, 5.41) is 8.73. The zero-order valence-electron chi connectivity index (χ0n) is 8.56. The fourth-order valence-electron chi connectivity index (χ4n) is 1.70. The largest absolute Gasteiger partial charge is 0.476 e. The van der Waals surface area contributed by atoms with Gasteiger partial charge in [0.05, 0.1) is 11.1 Å². The van der Waals surface area contributed by atoms with Gasteiger partial charge in [0, 0.05) is 23.6 Å². The van der Waals surface area contributed by atoms with Gasteiger partial charge in [0.25, 0.3) is 0 Å². The van der Waals surface area contributed by atoms with Crippen LogP contribution in [0.3, 0.4) is 0 Å². The summed E-state index contributed by atoms with van der Waals surface area (Å²) in [5.74, 6) is -1.36. The zero-order valence-corrected chi connectivity index (χ0v) is 10.9. The maximum atomic E-state index is 11.7. The van der Waals surface area contributed by atoms with Gasteiger partial charge >= 0.3 is 5.97 Å². The van der Waals surface area contributed by atoms with Crippen LogP contribution in [0.1, 0.15) is 16.9 Å². The van der Waals surface area contributed by atoms with Crippen molar-refractivity contribution in [3.05, 3.63) is 22.4 Å². The normalized spacial score (nSPS) is 19.8. The van der Waals surface area contributed by atoms with E-state index in [2.05, 4.69) is 20.9 Å². The molecule has 1 N–H and O–H groups in total. The molecule has 90 valence electrons. The third kappa shape index (κ3) is 2.42. The maximum absolute atomic E-state index is 11.7. The molecule has 1 unspecified atom stereocenters. The summed E-state index contributed by atoms with van der Waals surface area (Å²) in [6.45, 7) is 0.304. The monoisotopic (exact) mass is 318 g/mol. The molecule has 1 saturated heterocycles. The van der Waals surface area contributed by atoms with E-state index in [1.54, 1.807) is 6.07 Å². The Morgan fingerprint density at radius 1 is 1.65 bits per heavy atom. The number of carbonyl (C=O) groups is 2. The van der Waals surface area contributed by atoms with Crippen molar-refractivity contribution in [3.8, 4) is 0 Å². The second-order valence-corrected chi connectivity index (χ2v) is 5.17. The van der Waals surface area contributed by atoms with E-state index in [1.807, 2.05) is 0 Å². The van der Waals surface area contributed by atoms with Crippen LogP contribution >= 0.6 is 27.5 Å². The van der Waals surface area contributed by atoms with Gasteiger partial charge < -0.3 is 10.0 Å². The number of anilines is 1. The molecule has 5 nitrogen and oxygen atoms in total. The summed E-state index contributed by atoms with van der Waals surface area (Å²) in [6, 6.07) is 1.56. The molecule has 2 heterocycles. The van der Waals surface area contributed by atoms with Crippen LogP contribution in [0.2, 0.25) is 0 Å². The number of aromatic carboxylic acids is 1. The molecule has 0 saturated carbocycles. The molecule has 2 rings (SSSR count). The number of aromatic nitrogens is 1. The Hall–Kier alpha value is -1.14. The standard InChI is InChI=1S/C10H8BrClN2O3/c11-5-1-7(9(10(16)17)13-3-5)14-4-6(12)2-8(14)15/h1,3,6H,2,4H2,(H,16,17). The van der Waals surface area contributed by atoms with Gasteiger partial charge in [-0.1, -0.05) is 0 Å². The molecule has 1 atom stereocenters. The summed E-state index contributed by atoms with van der Waals surface area (Å²) >= 11 is 9.08. The number of carboxylic acids is 1. The highest BCUT2D eigenvalue weighted by Gasteiger charge is 2.32. The Balaban J connectivity index is 2.46. The number of hydrogen-bond acceptors (Lipinski definition) is 3. The fourth-order valence-corrected chi connectivity index (χ4v) is 2.29. The number of alkyl halides is 1. The molecule has 1 amide bonds. The van der Waals surface area contributed by atoms with Gasteiger partial charge in [0.15, 0.2) is 5.69 Å². The molecule has 17 heavy (non-hydrogen) atoms. The van der Waals surface area contributed by atoms with Gasteiger partial charge in [-0.3, -0.25) is 4.79 Å². The summed E-state index contributed by atoms with van der Waals surface area (Å²) < 4.78 is 0.614. The van der Waals surface area contributed by atoms with E-state index < -0.39 is 5.97 Å². The molecule has 1 aliphatic heterocycles. The van der Waals surface area contributed by atoms with Gasteiger partial charge in [-0.2, -0.15) is 0 Å². The lowest BCUT2D eigenvalue weighted by atomic mass is 10.2. The Kier molecular flexibility index (Phi) is 3.35. The Bertz CT molecular complexity index is 494. The van der Waals surface area contributed by atoms with E-state index in [9.17, 15) is 9.59 Å². The van der Waals surface area contributed by atoms with Gasteiger partial charge in [-0.15, -0.1) is 11.6 Å². The summed E-state index contributed by atoms with van der Waals surface area (Å²) in [6.07, 6.45) is 1.60. The van der Waals surface area contributed by atoms with Gasteiger partial charge in [-0.25, -0.2) is 9.78 Å². The number of amides is 1. The number of halogens is 2. The average molecular weight is 320 g/mol. The first-order chi connectivity index (χ1) is 7.99. The number of nitrogens with zero attached hydrogens (tertiary/aromatic N) is 2. The minimum atomic E-state index is -1.17. The van der Waals surface area contributed by atoms with Crippen molar-refractivity contribution in [2.75, 3.05) is 11.4 Å². The minimum absolute atomic E-state index is 0.146. The molecule has 1 aromatic heterocycles. The highest BCUT2D eigenvalue weighted by molar-refractivity contribution is 9.10. The Labute approximate surface area is 111 Å². The highest BCUT2D eigenvalue weighted by atomic mass is 79.9. The Morgan fingerprint density at radius 2 is 2.35 bits per heavy atom. The van der Waals surface area contributed by atoms with E-state index >= 15 is 0 Å². The van der Waals surface area contributed by atoms with E-state index in [-0.39, 0.29) is 29.1 Å². The topological polar surface area (TPSA) is 70.5 Å². The second-order valence-electron chi connectivity index (χ2n) is 3.63. The van der Waals surface area contributed by atoms with Crippen LogP contribution in [-0.2, 0) is 4.79 Å². The lowest BCUT2D eigenvalue weighted by Gasteiger charge is -2.17. The smallest absolute Gasteiger partial charge is 0.356 e. The van der Waals surface area contributed by atoms with Crippen LogP contribution in [0.15, 0.2) is 16.7 Å². The summed E-state index contributed by atoms with van der Waals surface area (Å²) in [4.78, 5) is 27.9. The van der Waals surface area contributed by atoms with Gasteiger partial charge in [0.1, 0.15) is 0 Å². The third-order valence-corrected chi connectivity index (χ3v) is 3.13. The van der Waals surface area contributed by atoms with Crippen molar-refractivity contribution in [1.82, 2.24) is 4.98 Å². The van der Waals surface area contributed by atoms with Crippen molar-refractivity contribution in [2.45, 2.75) is 11.8 Å². The quantitative estimate of drug-likeness (QED) is 0.845. The molecule has 0 bridgehead atoms. The third-order valence-electron chi connectivity index (χ3n) is 2.41. The Morgan fingerprint density at radius 3 is 2.88 bits per heavy atom. The summed E-state index contributed by atoms with van der Waals surface area (Å²) in [5.41, 5.74) is 0.132. The molecule has 1 aromatic rings. The molecular weight excluding hydrogens is 311 g/mol. The second kappa shape index (κ2) is 4.62. The molecular formula is C10H8BrClN2O3. The van der Waals surface area contributed by atoms with Crippen molar-refractivity contribution in [2.24, 2.45) is 0 Å². The lowest BCUT2D eigenvalue weighted by Crippen LogP contribution is -2.27. The maximum Gasteiger partial charge on any atom is 0.356 e. The number of hydrogen-bond donors (Lipinski definition) is 1. The SMILES string of the molecule is O=C(O)c1ncc(Br)cc1N1CC(Cl)CC1=O. The van der Waals surface area contributed by atoms with E-state index in [0.29, 0.717) is 11.0 Å². The van der Waals surface area contributed by atoms with E-state index in [0.717, 1.165) is 0 Å².